The summed E-state index contributed by atoms with van der Waals surface area (Å²) in [6.07, 6.45) is 4.02. The number of aromatic amines is 1. The molecule has 0 aliphatic heterocycles. The van der Waals surface area contributed by atoms with Crippen LogP contribution < -0.4 is 5.69 Å². The van der Waals surface area contributed by atoms with E-state index in [1.807, 2.05) is 28.1 Å². The van der Waals surface area contributed by atoms with E-state index in [1.54, 1.807) is 17.5 Å². The molecule has 1 aromatic carbocycles. The smallest absolute Gasteiger partial charge is 0.306 e. The van der Waals surface area contributed by atoms with E-state index in [0.717, 1.165) is 34.4 Å². The lowest BCUT2D eigenvalue weighted by Gasteiger charge is -2.00. The van der Waals surface area contributed by atoms with Crippen LogP contribution in [0, 0.1) is 0 Å². The van der Waals surface area contributed by atoms with Crippen LogP contribution in [-0.2, 0) is 0 Å². The topological polar surface area (TPSA) is 50.7 Å². The first kappa shape index (κ1) is 10.1. The number of fused-ring (bicyclic) bond motifs is 1. The molecule has 5 heteroatoms. The minimum absolute atomic E-state index is 0.00351. The molecule has 2 heterocycles. The Labute approximate surface area is 107 Å². The number of thiazole rings is 1. The predicted molar refractivity (Wildman–Crippen MR) is 71.9 cm³/mol. The lowest BCUT2D eigenvalue weighted by Crippen LogP contribution is -2.14. The zero-order valence-corrected chi connectivity index (χ0v) is 10.4. The van der Waals surface area contributed by atoms with Gasteiger partial charge < -0.3 is 4.98 Å². The number of hydrogen-bond donors (Lipinski definition) is 1. The van der Waals surface area contributed by atoms with Gasteiger partial charge in [-0.05, 0) is 31.0 Å². The van der Waals surface area contributed by atoms with Gasteiger partial charge in [-0.3, -0.25) is 4.57 Å². The highest BCUT2D eigenvalue weighted by Crippen LogP contribution is 2.36. The number of nitrogens with zero attached hydrogens (tertiary/aromatic N) is 2. The average Bonchev–Trinajstić information content (AvgIpc) is 2.93. The molecule has 0 spiro atoms. The normalized spacial score (nSPS) is 15.3. The number of rotatable bonds is 2. The Morgan fingerprint density at radius 3 is 3.00 bits per heavy atom. The molecule has 1 saturated carbocycles. The summed E-state index contributed by atoms with van der Waals surface area (Å²) < 4.78 is 1.88. The maximum atomic E-state index is 11.9. The van der Waals surface area contributed by atoms with E-state index in [-0.39, 0.29) is 5.69 Å². The van der Waals surface area contributed by atoms with Crippen LogP contribution in [0.25, 0.3) is 21.6 Å². The van der Waals surface area contributed by atoms with Crippen molar-refractivity contribution in [3.8, 4) is 10.6 Å². The zero-order valence-electron chi connectivity index (χ0n) is 9.59. The van der Waals surface area contributed by atoms with Crippen molar-refractivity contribution in [1.29, 1.82) is 0 Å². The molecule has 4 nitrogen and oxygen atoms in total. The first-order valence-electron chi connectivity index (χ1n) is 5.97. The molecule has 0 radical (unpaired) electrons. The molecule has 2 aromatic heterocycles. The van der Waals surface area contributed by atoms with Crippen molar-refractivity contribution >= 4 is 22.4 Å². The van der Waals surface area contributed by atoms with Gasteiger partial charge in [-0.1, -0.05) is 0 Å². The molecule has 18 heavy (non-hydrogen) atoms. The van der Waals surface area contributed by atoms with E-state index >= 15 is 0 Å². The average molecular weight is 257 g/mol. The van der Waals surface area contributed by atoms with Gasteiger partial charge in [0.05, 0.1) is 11.0 Å². The second-order valence-electron chi connectivity index (χ2n) is 4.60. The molecular formula is C13H11N3OS. The van der Waals surface area contributed by atoms with E-state index in [2.05, 4.69) is 9.97 Å². The molecule has 1 aliphatic carbocycles. The van der Waals surface area contributed by atoms with Crippen LogP contribution in [0.5, 0.6) is 0 Å². The largest absolute Gasteiger partial charge is 0.326 e. The summed E-state index contributed by atoms with van der Waals surface area (Å²) in [5, 5.41) is 2.94. The minimum atomic E-state index is 0.00351. The summed E-state index contributed by atoms with van der Waals surface area (Å²) in [6, 6.07) is 6.46. The lowest BCUT2D eigenvalue weighted by molar-refractivity contribution is 0.733. The second kappa shape index (κ2) is 3.55. The van der Waals surface area contributed by atoms with Crippen molar-refractivity contribution < 1.29 is 0 Å². The molecule has 0 atom stereocenters. The van der Waals surface area contributed by atoms with Gasteiger partial charge in [0.25, 0.3) is 0 Å². The van der Waals surface area contributed by atoms with Gasteiger partial charge in [-0.15, -0.1) is 11.3 Å². The van der Waals surface area contributed by atoms with Crippen molar-refractivity contribution in [3.05, 3.63) is 40.3 Å². The van der Waals surface area contributed by atoms with Gasteiger partial charge in [-0.25, -0.2) is 9.78 Å². The summed E-state index contributed by atoms with van der Waals surface area (Å²) in [5.74, 6) is 0. The van der Waals surface area contributed by atoms with Gasteiger partial charge in [0.1, 0.15) is 5.01 Å². The molecule has 1 aliphatic rings. The molecule has 1 N–H and O–H groups in total. The SMILES string of the molecule is O=c1[nH]c2cc(-c3nccs3)ccc2n1C1CC1. The van der Waals surface area contributed by atoms with Crippen molar-refractivity contribution in [2.75, 3.05) is 0 Å². The van der Waals surface area contributed by atoms with Crippen LogP contribution in [-0.4, -0.2) is 14.5 Å². The summed E-state index contributed by atoms with van der Waals surface area (Å²) >= 11 is 1.60. The molecule has 1 fully saturated rings. The second-order valence-corrected chi connectivity index (χ2v) is 5.50. The van der Waals surface area contributed by atoms with Crippen molar-refractivity contribution in [2.45, 2.75) is 18.9 Å². The maximum absolute atomic E-state index is 11.9. The Morgan fingerprint density at radius 2 is 2.28 bits per heavy atom. The van der Waals surface area contributed by atoms with Crippen molar-refractivity contribution in [2.24, 2.45) is 0 Å². The molecular weight excluding hydrogens is 246 g/mol. The fraction of sp³-hybridized carbons (Fsp3) is 0.231. The molecule has 0 unspecified atom stereocenters. The number of imidazole rings is 1. The van der Waals surface area contributed by atoms with Gasteiger partial charge >= 0.3 is 5.69 Å². The Bertz CT molecular complexity index is 765. The predicted octanol–water partition coefficient (Wildman–Crippen LogP) is 2.79. The number of aromatic nitrogens is 3. The van der Waals surface area contributed by atoms with E-state index < -0.39 is 0 Å². The van der Waals surface area contributed by atoms with Gasteiger partial charge in [-0.2, -0.15) is 0 Å². The van der Waals surface area contributed by atoms with Crippen LogP contribution in [0.1, 0.15) is 18.9 Å². The third-order valence-electron chi connectivity index (χ3n) is 3.31. The fourth-order valence-electron chi connectivity index (χ4n) is 2.33. The fourth-order valence-corrected chi connectivity index (χ4v) is 2.96. The highest BCUT2D eigenvalue weighted by atomic mass is 32.1. The standard InChI is InChI=1S/C13H11N3OS/c17-13-15-10-7-8(12-14-5-6-18-12)1-4-11(10)16(13)9-2-3-9/h1,4-7,9H,2-3H2,(H,15,17). The Kier molecular flexibility index (Phi) is 1.99. The number of hydrogen-bond acceptors (Lipinski definition) is 3. The maximum Gasteiger partial charge on any atom is 0.326 e. The van der Waals surface area contributed by atoms with Crippen LogP contribution in [0.3, 0.4) is 0 Å². The lowest BCUT2D eigenvalue weighted by atomic mass is 10.2. The van der Waals surface area contributed by atoms with Gasteiger partial charge in [0, 0.05) is 23.2 Å². The van der Waals surface area contributed by atoms with Crippen molar-refractivity contribution in [3.63, 3.8) is 0 Å². The number of H-pyrrole nitrogens is 1. The van der Waals surface area contributed by atoms with Crippen molar-refractivity contribution in [1.82, 2.24) is 14.5 Å². The number of benzene rings is 1. The summed E-state index contributed by atoms with van der Waals surface area (Å²) in [6.45, 7) is 0. The zero-order chi connectivity index (χ0) is 12.1. The highest BCUT2D eigenvalue weighted by molar-refractivity contribution is 7.13. The quantitative estimate of drug-likeness (QED) is 0.767. The third-order valence-corrected chi connectivity index (χ3v) is 4.13. The van der Waals surface area contributed by atoms with Gasteiger partial charge in [0.2, 0.25) is 0 Å². The Balaban J connectivity index is 1.94. The monoisotopic (exact) mass is 257 g/mol. The van der Waals surface area contributed by atoms with E-state index in [4.69, 9.17) is 0 Å². The molecule has 0 saturated heterocycles. The first-order chi connectivity index (χ1) is 8.83. The molecule has 90 valence electrons. The summed E-state index contributed by atoms with van der Waals surface area (Å²) in [5.41, 5.74) is 2.97. The molecule has 3 aromatic rings. The Morgan fingerprint density at radius 1 is 1.39 bits per heavy atom. The molecule has 4 rings (SSSR count). The van der Waals surface area contributed by atoms with E-state index in [9.17, 15) is 4.79 Å². The summed E-state index contributed by atoms with van der Waals surface area (Å²) in [4.78, 5) is 19.1. The summed E-state index contributed by atoms with van der Waals surface area (Å²) in [7, 11) is 0. The van der Waals surface area contributed by atoms with Crippen LogP contribution in [0.2, 0.25) is 0 Å². The van der Waals surface area contributed by atoms with E-state index in [0.29, 0.717) is 6.04 Å². The van der Waals surface area contributed by atoms with Crippen LogP contribution >= 0.6 is 11.3 Å². The van der Waals surface area contributed by atoms with Gasteiger partial charge in [0.15, 0.2) is 0 Å². The number of nitrogens with one attached hydrogen (secondary N) is 1. The minimum Gasteiger partial charge on any atom is -0.306 e. The van der Waals surface area contributed by atoms with Crippen LogP contribution in [0.4, 0.5) is 0 Å². The highest BCUT2D eigenvalue weighted by Gasteiger charge is 2.27. The molecule has 0 bridgehead atoms. The first-order valence-corrected chi connectivity index (χ1v) is 6.85. The molecule has 0 amide bonds. The van der Waals surface area contributed by atoms with Crippen LogP contribution in [0.15, 0.2) is 34.6 Å². The van der Waals surface area contributed by atoms with E-state index in [1.165, 1.54) is 0 Å². The third kappa shape index (κ3) is 1.44. The Hall–Kier alpha value is -1.88.